The lowest BCUT2D eigenvalue weighted by atomic mass is 10.0. The van der Waals surface area contributed by atoms with Gasteiger partial charge in [-0.25, -0.2) is 19.3 Å². The van der Waals surface area contributed by atoms with Crippen molar-refractivity contribution >= 4 is 22.9 Å². The molecule has 2 aliphatic rings. The van der Waals surface area contributed by atoms with Crippen molar-refractivity contribution < 1.29 is 13.9 Å². The molecular weight excluding hydrogens is 375 g/mol. The normalized spacial score (nSPS) is 21.0. The molecule has 2 saturated heterocycles. The molecule has 0 N–H and O–H groups in total. The Labute approximate surface area is 166 Å². The zero-order chi connectivity index (χ0) is 20.0. The van der Waals surface area contributed by atoms with Crippen LogP contribution >= 0.6 is 0 Å². The van der Waals surface area contributed by atoms with Gasteiger partial charge < -0.3 is 19.1 Å². The van der Waals surface area contributed by atoms with Gasteiger partial charge in [-0.1, -0.05) is 12.1 Å². The van der Waals surface area contributed by atoms with Crippen LogP contribution < -0.4 is 9.64 Å². The SMILES string of the molecule is Cn1cnc2c(N3CC4CN(C(=O)COc5ccccc5F)CC4C3)ncnc21. The molecule has 2 aromatic heterocycles. The van der Waals surface area contributed by atoms with Gasteiger partial charge in [-0.15, -0.1) is 0 Å². The van der Waals surface area contributed by atoms with Crippen molar-refractivity contribution in [3.05, 3.63) is 42.7 Å². The van der Waals surface area contributed by atoms with Crippen molar-refractivity contribution in [2.45, 2.75) is 0 Å². The van der Waals surface area contributed by atoms with E-state index >= 15 is 0 Å². The lowest BCUT2D eigenvalue weighted by Gasteiger charge is -2.22. The van der Waals surface area contributed by atoms with Crippen molar-refractivity contribution in [3.63, 3.8) is 0 Å². The molecule has 150 valence electrons. The predicted octanol–water partition coefficient (Wildman–Crippen LogP) is 1.48. The molecule has 4 heterocycles. The predicted molar refractivity (Wildman–Crippen MR) is 104 cm³/mol. The summed E-state index contributed by atoms with van der Waals surface area (Å²) in [6, 6.07) is 6.12. The first-order valence-corrected chi connectivity index (χ1v) is 9.62. The maximum absolute atomic E-state index is 13.6. The zero-order valence-electron chi connectivity index (χ0n) is 16.0. The van der Waals surface area contributed by atoms with Crippen LogP contribution in [0, 0.1) is 17.7 Å². The largest absolute Gasteiger partial charge is 0.481 e. The Morgan fingerprint density at radius 1 is 1.14 bits per heavy atom. The zero-order valence-corrected chi connectivity index (χ0v) is 16.0. The summed E-state index contributed by atoms with van der Waals surface area (Å²) in [7, 11) is 1.91. The molecule has 1 amide bonds. The molecule has 9 heteroatoms. The number of amides is 1. The van der Waals surface area contributed by atoms with Crippen LogP contribution in [0.5, 0.6) is 5.75 Å². The topological polar surface area (TPSA) is 76.4 Å². The quantitative estimate of drug-likeness (QED) is 0.665. The van der Waals surface area contributed by atoms with E-state index in [-0.39, 0.29) is 18.3 Å². The summed E-state index contributed by atoms with van der Waals surface area (Å²) in [5, 5.41) is 0. The molecule has 2 fully saturated rings. The molecule has 29 heavy (non-hydrogen) atoms. The fraction of sp³-hybridized carbons (Fsp3) is 0.400. The minimum Gasteiger partial charge on any atom is -0.481 e. The summed E-state index contributed by atoms with van der Waals surface area (Å²) in [5.74, 6) is 1.14. The monoisotopic (exact) mass is 396 g/mol. The van der Waals surface area contributed by atoms with Gasteiger partial charge in [-0.05, 0) is 12.1 Å². The van der Waals surface area contributed by atoms with Crippen molar-refractivity contribution in [1.82, 2.24) is 24.4 Å². The van der Waals surface area contributed by atoms with Crippen LogP contribution in [-0.4, -0.2) is 63.1 Å². The Kier molecular flexibility index (Phi) is 4.30. The highest BCUT2D eigenvalue weighted by atomic mass is 19.1. The number of hydrogen-bond donors (Lipinski definition) is 0. The average molecular weight is 396 g/mol. The van der Waals surface area contributed by atoms with Crippen LogP contribution in [0.2, 0.25) is 0 Å². The fourth-order valence-electron chi connectivity index (χ4n) is 4.33. The smallest absolute Gasteiger partial charge is 0.260 e. The van der Waals surface area contributed by atoms with Gasteiger partial charge in [-0.2, -0.15) is 0 Å². The molecule has 8 nitrogen and oxygen atoms in total. The number of anilines is 1. The second-order valence-corrected chi connectivity index (χ2v) is 7.67. The molecule has 5 rings (SSSR count). The maximum Gasteiger partial charge on any atom is 0.260 e. The number of para-hydroxylation sites is 1. The fourth-order valence-corrected chi connectivity index (χ4v) is 4.33. The van der Waals surface area contributed by atoms with Crippen molar-refractivity contribution in [2.75, 3.05) is 37.7 Å². The third-order valence-electron chi connectivity index (χ3n) is 5.80. The number of ether oxygens (including phenoxy) is 1. The second-order valence-electron chi connectivity index (χ2n) is 7.67. The van der Waals surface area contributed by atoms with Gasteiger partial charge in [0.25, 0.3) is 5.91 Å². The van der Waals surface area contributed by atoms with Crippen molar-refractivity contribution in [1.29, 1.82) is 0 Å². The first-order chi connectivity index (χ1) is 14.1. The number of benzene rings is 1. The molecule has 0 aliphatic carbocycles. The van der Waals surface area contributed by atoms with Crippen LogP contribution in [0.15, 0.2) is 36.9 Å². The Morgan fingerprint density at radius 3 is 2.66 bits per heavy atom. The summed E-state index contributed by atoms with van der Waals surface area (Å²) in [5.41, 5.74) is 1.62. The third kappa shape index (κ3) is 3.16. The number of rotatable bonds is 4. The minimum atomic E-state index is -0.458. The highest BCUT2D eigenvalue weighted by molar-refractivity contribution is 5.83. The van der Waals surface area contributed by atoms with E-state index in [1.54, 1.807) is 24.8 Å². The summed E-state index contributed by atoms with van der Waals surface area (Å²) >= 11 is 0. The molecule has 0 spiro atoms. The molecule has 2 atom stereocenters. The number of fused-ring (bicyclic) bond motifs is 2. The number of hydrogen-bond acceptors (Lipinski definition) is 6. The van der Waals surface area contributed by atoms with Crippen molar-refractivity contribution in [3.8, 4) is 5.75 Å². The molecule has 1 aromatic carbocycles. The molecule has 0 radical (unpaired) electrons. The Hall–Kier alpha value is -3.23. The lowest BCUT2D eigenvalue weighted by molar-refractivity contribution is -0.132. The van der Waals surface area contributed by atoms with Crippen LogP contribution in [0.1, 0.15) is 0 Å². The van der Waals surface area contributed by atoms with E-state index in [4.69, 9.17) is 4.74 Å². The van der Waals surface area contributed by atoms with E-state index in [9.17, 15) is 9.18 Å². The number of halogens is 1. The molecule has 2 aliphatic heterocycles. The molecule has 0 saturated carbocycles. The Morgan fingerprint density at radius 2 is 1.90 bits per heavy atom. The Bertz CT molecular complexity index is 1060. The molecule has 3 aromatic rings. The summed E-state index contributed by atoms with van der Waals surface area (Å²) in [6.45, 7) is 2.86. The van der Waals surface area contributed by atoms with Crippen LogP contribution in [0.25, 0.3) is 11.2 Å². The Balaban J connectivity index is 1.22. The number of nitrogens with zero attached hydrogens (tertiary/aromatic N) is 6. The highest BCUT2D eigenvalue weighted by Crippen LogP contribution is 2.35. The van der Waals surface area contributed by atoms with Crippen LogP contribution in [0.3, 0.4) is 0 Å². The number of aromatic nitrogens is 4. The van der Waals surface area contributed by atoms with Crippen LogP contribution in [0.4, 0.5) is 10.2 Å². The van der Waals surface area contributed by atoms with Gasteiger partial charge in [-0.3, -0.25) is 4.79 Å². The summed E-state index contributed by atoms with van der Waals surface area (Å²) < 4.78 is 20.9. The number of aryl methyl sites for hydroxylation is 1. The first-order valence-electron chi connectivity index (χ1n) is 9.62. The van der Waals surface area contributed by atoms with Gasteiger partial charge in [0.05, 0.1) is 6.33 Å². The average Bonchev–Trinajstić information content (AvgIpc) is 3.40. The van der Waals surface area contributed by atoms with Gasteiger partial charge in [0, 0.05) is 45.1 Å². The number of carbonyl (C=O) groups is 1. The summed E-state index contributed by atoms with van der Waals surface area (Å²) in [6.07, 6.45) is 3.32. The molecular formula is C20H21FN6O2. The van der Waals surface area contributed by atoms with Crippen molar-refractivity contribution in [2.24, 2.45) is 18.9 Å². The highest BCUT2D eigenvalue weighted by Gasteiger charge is 2.42. The number of likely N-dealkylation sites (tertiary alicyclic amines) is 1. The number of imidazole rings is 1. The van der Waals surface area contributed by atoms with E-state index in [1.165, 1.54) is 12.1 Å². The van der Waals surface area contributed by atoms with E-state index in [1.807, 2.05) is 16.5 Å². The van der Waals surface area contributed by atoms with Gasteiger partial charge in [0.15, 0.2) is 35.2 Å². The van der Waals surface area contributed by atoms with Gasteiger partial charge in [0.1, 0.15) is 6.33 Å². The minimum absolute atomic E-state index is 0.106. The van der Waals surface area contributed by atoms with E-state index in [0.717, 1.165) is 30.1 Å². The van der Waals surface area contributed by atoms with Gasteiger partial charge in [0.2, 0.25) is 0 Å². The third-order valence-corrected chi connectivity index (χ3v) is 5.80. The van der Waals surface area contributed by atoms with E-state index < -0.39 is 5.82 Å². The first kappa shape index (κ1) is 17.8. The van der Waals surface area contributed by atoms with Crippen LogP contribution in [-0.2, 0) is 11.8 Å². The lowest BCUT2D eigenvalue weighted by Crippen LogP contribution is -2.36. The maximum atomic E-state index is 13.6. The van der Waals surface area contributed by atoms with Gasteiger partial charge >= 0.3 is 0 Å². The standard InChI is InChI=1S/C20H21FN6O2/c1-25-12-24-18-19(25)22-11-23-20(18)27-8-13-6-26(7-14(13)9-27)17(28)10-29-16-5-3-2-4-15(16)21/h2-5,11-14H,6-10H2,1H3. The molecule has 2 unspecified atom stereocenters. The summed E-state index contributed by atoms with van der Waals surface area (Å²) in [4.78, 5) is 29.8. The van der Waals surface area contributed by atoms with E-state index in [2.05, 4.69) is 19.9 Å². The molecule has 0 bridgehead atoms. The second kappa shape index (κ2) is 6.98. The number of carbonyl (C=O) groups excluding carboxylic acids is 1. The van der Waals surface area contributed by atoms with E-state index in [0.29, 0.717) is 24.9 Å².